The topological polar surface area (TPSA) is 36.9 Å². The van der Waals surface area contributed by atoms with Crippen molar-refractivity contribution in [1.82, 2.24) is 0 Å². The highest BCUT2D eigenvalue weighted by Gasteiger charge is 2.48. The summed E-state index contributed by atoms with van der Waals surface area (Å²) in [6.07, 6.45) is 0. The predicted octanol–water partition coefficient (Wildman–Crippen LogP) is 2.50. The molecule has 16 heavy (non-hydrogen) atoms. The van der Waals surface area contributed by atoms with Crippen LogP contribution < -0.4 is 0 Å². The van der Waals surface area contributed by atoms with Crippen molar-refractivity contribution >= 4 is 17.1 Å². The Balaban J connectivity index is 4.90. The molecular weight excluding hydrogens is 240 g/mol. The number of hydrogen-bond acceptors (Lipinski definition) is 4. The van der Waals surface area contributed by atoms with Crippen molar-refractivity contribution in [2.75, 3.05) is 28.4 Å². The van der Waals surface area contributed by atoms with Gasteiger partial charge in [-0.05, 0) is 13.1 Å². The van der Waals surface area contributed by atoms with Crippen molar-refractivity contribution in [3.8, 4) is 0 Å². The fourth-order valence-electron chi connectivity index (χ4n) is 1.82. The van der Waals surface area contributed by atoms with Crippen LogP contribution in [0.2, 0.25) is 24.2 Å². The maximum atomic E-state index is 5.58. The molecule has 0 saturated carbocycles. The van der Waals surface area contributed by atoms with E-state index in [0.29, 0.717) is 11.1 Å². The van der Waals surface area contributed by atoms with Crippen LogP contribution in [0.25, 0.3) is 0 Å². The Morgan fingerprint density at radius 3 is 0.938 bits per heavy atom. The molecule has 0 heterocycles. The van der Waals surface area contributed by atoms with Gasteiger partial charge in [0, 0.05) is 39.5 Å². The summed E-state index contributed by atoms with van der Waals surface area (Å²) in [4.78, 5) is 0. The molecule has 0 rings (SSSR count). The molecular formula is C10H26O4Si2. The Hall–Kier alpha value is 0.274. The number of rotatable bonds is 7. The lowest BCUT2D eigenvalue weighted by Gasteiger charge is -2.39. The van der Waals surface area contributed by atoms with E-state index < -0.39 is 17.1 Å². The fraction of sp³-hybridized carbons (Fsp3) is 1.00. The molecule has 0 aliphatic heterocycles. The van der Waals surface area contributed by atoms with Crippen molar-refractivity contribution < 1.29 is 17.7 Å². The smallest absolute Gasteiger partial charge is 0.337 e. The summed E-state index contributed by atoms with van der Waals surface area (Å²) in [6, 6.07) is 0. The maximum absolute atomic E-state index is 5.58. The largest absolute Gasteiger partial charge is 0.398 e. The molecule has 0 aromatic heterocycles. The van der Waals surface area contributed by atoms with Crippen LogP contribution in [-0.2, 0) is 17.7 Å². The molecule has 98 valence electrons. The first kappa shape index (κ1) is 16.3. The quantitative estimate of drug-likeness (QED) is 0.664. The van der Waals surface area contributed by atoms with Crippen molar-refractivity contribution in [2.24, 2.45) is 0 Å². The fourth-order valence-corrected chi connectivity index (χ4v) is 7.27. The van der Waals surface area contributed by atoms with Gasteiger partial charge in [-0.15, -0.1) is 0 Å². The van der Waals surface area contributed by atoms with Gasteiger partial charge in [-0.3, -0.25) is 0 Å². The summed E-state index contributed by atoms with van der Waals surface area (Å²) >= 11 is 0. The molecule has 0 amide bonds. The molecule has 0 bridgehead atoms. The van der Waals surface area contributed by atoms with E-state index >= 15 is 0 Å². The predicted molar refractivity (Wildman–Crippen MR) is 70.1 cm³/mol. The van der Waals surface area contributed by atoms with E-state index in [1.54, 1.807) is 28.4 Å². The Bertz CT molecular complexity index is 183. The van der Waals surface area contributed by atoms with Crippen LogP contribution in [0.3, 0.4) is 0 Å². The van der Waals surface area contributed by atoms with E-state index in [1.807, 2.05) is 0 Å². The molecule has 0 saturated heterocycles. The maximum Gasteiger partial charge on any atom is 0.337 e. The minimum Gasteiger partial charge on any atom is -0.398 e. The van der Waals surface area contributed by atoms with Gasteiger partial charge in [-0.25, -0.2) is 0 Å². The summed E-state index contributed by atoms with van der Waals surface area (Å²) in [5.74, 6) is 0. The molecule has 0 aromatic carbocycles. The molecule has 0 aliphatic carbocycles. The van der Waals surface area contributed by atoms with Gasteiger partial charge in [0.25, 0.3) is 0 Å². The van der Waals surface area contributed by atoms with Crippen LogP contribution in [0.15, 0.2) is 0 Å². The lowest BCUT2D eigenvalue weighted by atomic mass is 10.4. The Kier molecular flexibility index (Phi) is 6.38. The second kappa shape index (κ2) is 6.27. The molecule has 6 heteroatoms. The average molecular weight is 266 g/mol. The van der Waals surface area contributed by atoms with Gasteiger partial charge in [0.2, 0.25) is 0 Å². The Morgan fingerprint density at radius 1 is 0.625 bits per heavy atom. The average Bonchev–Trinajstić information content (AvgIpc) is 2.34. The summed E-state index contributed by atoms with van der Waals surface area (Å²) in [6.45, 7) is 8.48. The standard InChI is InChI=1S/C10H26O4Si2/c1-9(15(7,11-3)12-4)10(2)16(8,13-5)14-6/h9-10H,1-8H3. The highest BCUT2D eigenvalue weighted by atomic mass is 28.4. The third-order valence-corrected chi connectivity index (χ3v) is 11.9. The molecule has 0 fully saturated rings. The number of hydrogen-bond donors (Lipinski definition) is 0. The van der Waals surface area contributed by atoms with Crippen molar-refractivity contribution in [1.29, 1.82) is 0 Å². The normalized spacial score (nSPS) is 17.2. The summed E-state index contributed by atoms with van der Waals surface area (Å²) in [5, 5.41) is 0. The van der Waals surface area contributed by atoms with Gasteiger partial charge in [-0.1, -0.05) is 13.8 Å². The van der Waals surface area contributed by atoms with Gasteiger partial charge in [0.05, 0.1) is 0 Å². The van der Waals surface area contributed by atoms with Crippen LogP contribution in [0.5, 0.6) is 0 Å². The third-order valence-electron chi connectivity index (χ3n) is 4.03. The van der Waals surface area contributed by atoms with Gasteiger partial charge in [-0.2, -0.15) is 0 Å². The van der Waals surface area contributed by atoms with Crippen LogP contribution in [0.4, 0.5) is 0 Å². The highest BCUT2D eigenvalue weighted by Crippen LogP contribution is 2.40. The zero-order valence-electron chi connectivity index (χ0n) is 11.8. The molecule has 2 atom stereocenters. The molecule has 0 aliphatic rings. The second-order valence-corrected chi connectivity index (χ2v) is 11.9. The van der Waals surface area contributed by atoms with Gasteiger partial charge >= 0.3 is 17.1 Å². The lowest BCUT2D eigenvalue weighted by Crippen LogP contribution is -2.50. The summed E-state index contributed by atoms with van der Waals surface area (Å²) in [7, 11) is 2.62. The van der Waals surface area contributed by atoms with Crippen LogP contribution >= 0.6 is 0 Å². The van der Waals surface area contributed by atoms with E-state index in [2.05, 4.69) is 26.9 Å². The highest BCUT2D eigenvalue weighted by molar-refractivity contribution is 6.73. The summed E-state index contributed by atoms with van der Waals surface area (Å²) in [5.41, 5.74) is 0.637. The van der Waals surface area contributed by atoms with E-state index in [9.17, 15) is 0 Å². The molecule has 0 spiro atoms. The van der Waals surface area contributed by atoms with Gasteiger partial charge < -0.3 is 17.7 Å². The zero-order chi connectivity index (χ0) is 13.0. The summed E-state index contributed by atoms with van der Waals surface area (Å²) < 4.78 is 22.3. The van der Waals surface area contributed by atoms with Crippen LogP contribution in [-0.4, -0.2) is 45.6 Å². The monoisotopic (exact) mass is 266 g/mol. The molecule has 0 aromatic rings. The van der Waals surface area contributed by atoms with Crippen LogP contribution in [0.1, 0.15) is 13.8 Å². The second-order valence-electron chi connectivity index (χ2n) is 4.43. The lowest BCUT2D eigenvalue weighted by molar-refractivity contribution is 0.213. The molecule has 0 N–H and O–H groups in total. The first-order valence-corrected chi connectivity index (χ1v) is 10.3. The Labute approximate surface area is 102 Å². The molecule has 0 radical (unpaired) electrons. The minimum atomic E-state index is -2.13. The van der Waals surface area contributed by atoms with Gasteiger partial charge in [0.1, 0.15) is 0 Å². The molecule has 4 nitrogen and oxygen atoms in total. The first-order valence-electron chi connectivity index (χ1n) is 5.51. The third kappa shape index (κ3) is 3.15. The first-order chi connectivity index (χ1) is 7.31. The van der Waals surface area contributed by atoms with E-state index in [1.165, 1.54) is 0 Å². The zero-order valence-corrected chi connectivity index (χ0v) is 13.8. The minimum absolute atomic E-state index is 0.319. The van der Waals surface area contributed by atoms with Crippen molar-refractivity contribution in [3.63, 3.8) is 0 Å². The SMILES string of the molecule is CO[Si](C)(OC)C(C)C(C)[Si](C)(OC)OC. The van der Waals surface area contributed by atoms with E-state index in [4.69, 9.17) is 17.7 Å². The van der Waals surface area contributed by atoms with E-state index in [0.717, 1.165) is 0 Å². The van der Waals surface area contributed by atoms with Gasteiger partial charge in [0.15, 0.2) is 0 Å². The van der Waals surface area contributed by atoms with Crippen molar-refractivity contribution in [2.45, 2.75) is 38.0 Å². The van der Waals surface area contributed by atoms with Crippen LogP contribution in [0, 0.1) is 0 Å². The molecule has 2 unspecified atom stereocenters. The Morgan fingerprint density at radius 2 is 0.812 bits per heavy atom. The van der Waals surface area contributed by atoms with Crippen molar-refractivity contribution in [3.05, 3.63) is 0 Å². The van der Waals surface area contributed by atoms with E-state index in [-0.39, 0.29) is 0 Å².